The summed E-state index contributed by atoms with van der Waals surface area (Å²) in [5.41, 5.74) is 16.6. The van der Waals surface area contributed by atoms with Crippen LogP contribution in [0.4, 0.5) is 0 Å². The van der Waals surface area contributed by atoms with E-state index in [1.54, 1.807) is 77.0 Å². The number of imidazole rings is 1. The molecule has 0 unspecified atom stereocenters. The summed E-state index contributed by atoms with van der Waals surface area (Å²) in [6, 6.07) is 23.9. The van der Waals surface area contributed by atoms with Crippen LogP contribution < -0.4 is 0 Å². The summed E-state index contributed by atoms with van der Waals surface area (Å²) in [6.45, 7) is 17.4. The third kappa shape index (κ3) is 9.65. The number of fused-ring (bicyclic) bond motifs is 1. The fraction of sp³-hybridized carbons (Fsp3) is 0.500. The molecule has 0 atom stereocenters. The molecule has 8 rings (SSSR count). The van der Waals surface area contributed by atoms with E-state index in [2.05, 4.69) is 136 Å². The number of hydrogen-bond acceptors (Lipinski definition) is 0. The molecule has 4 aromatic carbocycles. The number of benzene rings is 4. The maximum atomic E-state index is 7.65. The summed E-state index contributed by atoms with van der Waals surface area (Å²) < 4.78 is 7.82. The molecular formula is C52H69Cl2N2PRu. The van der Waals surface area contributed by atoms with Crippen LogP contribution in [0.25, 0.3) is 22.1 Å². The zero-order valence-corrected chi connectivity index (χ0v) is 40.9. The minimum atomic E-state index is -3.67. The Kier molecular flexibility index (Phi) is 14.6. The summed E-state index contributed by atoms with van der Waals surface area (Å²) in [4.78, 5) is 0. The van der Waals surface area contributed by atoms with Crippen LogP contribution in [-0.4, -0.2) is 30.7 Å². The van der Waals surface area contributed by atoms with Crippen molar-refractivity contribution in [3.63, 3.8) is 0 Å². The second-order valence-corrected chi connectivity index (χ2v) is 30.4. The average Bonchev–Trinajstić information content (AvgIpc) is 3.45. The molecule has 58 heavy (non-hydrogen) atoms. The molecule has 6 heteroatoms. The number of aromatic nitrogens is 2. The van der Waals surface area contributed by atoms with Crippen LogP contribution in [0.3, 0.4) is 0 Å². The Bertz CT molecular complexity index is 2230. The molecule has 3 saturated carbocycles. The number of aryl methyl sites for hydroxylation is 6. The van der Waals surface area contributed by atoms with Crippen LogP contribution in [0.15, 0.2) is 66.7 Å². The first kappa shape index (κ1) is 43.9. The van der Waals surface area contributed by atoms with Crippen LogP contribution in [0.1, 0.15) is 147 Å². The molecule has 3 aliphatic rings. The SMILES string of the molecule is C1CCC(P(C2CCCCC2)C2CCCCC2)CC1.Cc1cc(C)c(-n2c(C)c(C)n(-c3c(C)cc(C)cc3C)[c]2=[Ru]([Cl])([Cl])=[CH]c2ccc3ccccc3c2)c(C)c1. The van der Waals surface area contributed by atoms with E-state index in [4.69, 9.17) is 19.4 Å². The Hall–Kier alpha value is -2.15. The van der Waals surface area contributed by atoms with E-state index >= 15 is 0 Å². The molecule has 314 valence electrons. The van der Waals surface area contributed by atoms with Gasteiger partial charge in [-0.3, -0.25) is 0 Å². The van der Waals surface area contributed by atoms with Gasteiger partial charge in [0.2, 0.25) is 0 Å². The Morgan fingerprint density at radius 3 is 1.28 bits per heavy atom. The van der Waals surface area contributed by atoms with E-state index in [9.17, 15) is 0 Å². The standard InChI is InChI=1S/C23H28N2.C18H33P.C11H8.2ClH.Ru/c1-14-9-16(3)22(17(4)10-14)24-13-25(21(8)20(24)7)23-18(5)11-15(2)12-19(23)6;1-4-10-16(11-5-1)19(17-12-6-2-7-13-17)18-14-8-3-9-15-18;1-9-6-7-10-4-2-3-5-11(10)8-9;;;/h9-12H,1-8H3;16-18H,1-15H2;1-8H;2*1H;/q;;;;;+2/p-2. The zero-order chi connectivity index (χ0) is 41.1. The number of hydrogen-bond donors (Lipinski definition) is 0. The number of halogens is 2. The summed E-state index contributed by atoms with van der Waals surface area (Å²) in [6.07, 6.45) is 23.6. The van der Waals surface area contributed by atoms with Crippen LogP contribution in [0.5, 0.6) is 0 Å². The van der Waals surface area contributed by atoms with Crippen molar-refractivity contribution in [1.29, 1.82) is 0 Å². The fourth-order valence-corrected chi connectivity index (χ4v) is 21.4. The molecule has 0 aliphatic heterocycles. The van der Waals surface area contributed by atoms with E-state index < -0.39 is 11.9 Å². The second-order valence-electron chi connectivity index (χ2n) is 18.1. The number of rotatable bonds is 6. The Morgan fingerprint density at radius 2 is 0.879 bits per heavy atom. The molecule has 3 aliphatic carbocycles. The van der Waals surface area contributed by atoms with Gasteiger partial charge in [-0.15, -0.1) is 0 Å². The van der Waals surface area contributed by atoms with Crippen molar-refractivity contribution >= 4 is 42.7 Å². The molecule has 0 N–H and O–H groups in total. The predicted molar refractivity (Wildman–Crippen MR) is 255 cm³/mol. The van der Waals surface area contributed by atoms with E-state index in [1.807, 2.05) is 0 Å². The van der Waals surface area contributed by atoms with Crippen molar-refractivity contribution < 1.29 is 11.9 Å². The Labute approximate surface area is 362 Å². The third-order valence-corrected chi connectivity index (χ3v) is 22.9. The summed E-state index contributed by atoms with van der Waals surface area (Å²) in [7, 11) is 15.7. The van der Waals surface area contributed by atoms with Gasteiger partial charge < -0.3 is 0 Å². The molecular weight excluding hydrogens is 856 g/mol. The predicted octanol–water partition coefficient (Wildman–Crippen LogP) is 16.2. The fourth-order valence-electron chi connectivity index (χ4n) is 11.0. The molecule has 1 aromatic heterocycles. The van der Waals surface area contributed by atoms with Gasteiger partial charge in [0.05, 0.1) is 0 Å². The van der Waals surface area contributed by atoms with Crippen LogP contribution in [0, 0.1) is 59.4 Å². The van der Waals surface area contributed by atoms with Crippen molar-refractivity contribution in [2.45, 2.75) is 169 Å². The topological polar surface area (TPSA) is 9.86 Å². The molecule has 0 radical (unpaired) electrons. The molecule has 3 fully saturated rings. The van der Waals surface area contributed by atoms with Gasteiger partial charge in [0.25, 0.3) is 0 Å². The zero-order valence-electron chi connectivity index (χ0n) is 36.7. The van der Waals surface area contributed by atoms with Crippen molar-refractivity contribution in [2.24, 2.45) is 0 Å². The first-order valence-electron chi connectivity index (χ1n) is 22.4. The van der Waals surface area contributed by atoms with Gasteiger partial charge in [0.15, 0.2) is 0 Å². The third-order valence-electron chi connectivity index (χ3n) is 13.5. The normalized spacial score (nSPS) is 17.7. The van der Waals surface area contributed by atoms with Crippen molar-refractivity contribution in [2.75, 3.05) is 0 Å². The summed E-state index contributed by atoms with van der Waals surface area (Å²) in [5.74, 6) is 0. The van der Waals surface area contributed by atoms with Gasteiger partial charge in [-0.25, -0.2) is 0 Å². The monoisotopic (exact) mass is 924 g/mol. The van der Waals surface area contributed by atoms with Crippen LogP contribution in [0.2, 0.25) is 0 Å². The van der Waals surface area contributed by atoms with Crippen LogP contribution >= 0.6 is 27.3 Å². The van der Waals surface area contributed by atoms with Crippen molar-refractivity contribution in [3.8, 4) is 11.4 Å². The first-order valence-corrected chi connectivity index (χ1v) is 30.3. The molecule has 2 nitrogen and oxygen atoms in total. The van der Waals surface area contributed by atoms with Gasteiger partial charge in [-0.2, -0.15) is 0 Å². The second kappa shape index (κ2) is 19.3. The van der Waals surface area contributed by atoms with Gasteiger partial charge in [-0.05, 0) is 55.5 Å². The van der Waals surface area contributed by atoms with E-state index in [0.717, 1.165) is 32.3 Å². The quantitative estimate of drug-likeness (QED) is 0.119. The number of nitrogens with zero attached hydrogens (tertiary/aromatic N) is 2. The molecule has 0 amide bonds. The summed E-state index contributed by atoms with van der Waals surface area (Å²) in [5, 5.41) is 2.39. The van der Waals surface area contributed by atoms with Gasteiger partial charge in [0.1, 0.15) is 0 Å². The Morgan fingerprint density at radius 1 is 0.500 bits per heavy atom. The van der Waals surface area contributed by atoms with E-state index in [0.29, 0.717) is 7.92 Å². The molecule has 0 saturated heterocycles. The van der Waals surface area contributed by atoms with Gasteiger partial charge in [0, 0.05) is 0 Å². The maximum absolute atomic E-state index is 7.65. The summed E-state index contributed by atoms with van der Waals surface area (Å²) >= 11 is -3.67. The van der Waals surface area contributed by atoms with Crippen molar-refractivity contribution in [1.82, 2.24) is 9.13 Å². The molecule has 5 aromatic rings. The van der Waals surface area contributed by atoms with E-state index in [-0.39, 0.29) is 0 Å². The average molecular weight is 925 g/mol. The first-order chi connectivity index (χ1) is 27.8. The molecule has 1 heterocycles. The van der Waals surface area contributed by atoms with Gasteiger partial charge in [-0.1, -0.05) is 65.7 Å². The Balaban J connectivity index is 0.000000224. The van der Waals surface area contributed by atoms with Crippen molar-refractivity contribution in [3.05, 3.63) is 121 Å². The van der Waals surface area contributed by atoms with Gasteiger partial charge >= 0.3 is 244 Å². The molecule has 0 bridgehead atoms. The van der Waals surface area contributed by atoms with E-state index in [1.165, 1.54) is 80.4 Å². The minimum absolute atomic E-state index is 0.385. The van der Waals surface area contributed by atoms with Crippen LogP contribution in [-0.2, 0) is 11.9 Å². The molecule has 0 spiro atoms.